The predicted octanol–water partition coefficient (Wildman–Crippen LogP) is 3.85. The highest BCUT2D eigenvalue weighted by Gasteiger charge is 2.28. The maximum atomic E-state index is 3.65. The lowest BCUT2D eigenvalue weighted by atomic mass is 10.0. The second-order valence-corrected chi connectivity index (χ2v) is 7.12. The minimum atomic E-state index is 0.233. The molecular weight excluding hydrogens is 244 g/mol. The van der Waals surface area contributed by atoms with Crippen LogP contribution in [0.1, 0.15) is 52.1 Å². The maximum absolute atomic E-state index is 3.65. The van der Waals surface area contributed by atoms with E-state index in [4.69, 9.17) is 0 Å². The first kappa shape index (κ1) is 15.5. The number of nitrogens with zero attached hydrogens (tertiary/aromatic N) is 1. The molecule has 0 bridgehead atoms. The van der Waals surface area contributed by atoms with Crippen molar-refractivity contribution < 1.29 is 0 Å². The molecule has 112 valence electrons. The molecule has 1 N–H and O–H groups in total. The molecule has 0 aliphatic carbocycles. The van der Waals surface area contributed by atoms with Crippen LogP contribution in [0.25, 0.3) is 0 Å². The molecule has 0 spiro atoms. The molecule has 1 saturated heterocycles. The molecule has 0 saturated carbocycles. The summed E-state index contributed by atoms with van der Waals surface area (Å²) in [5, 5.41) is 3.65. The maximum Gasteiger partial charge on any atom is 0.0345 e. The van der Waals surface area contributed by atoms with Gasteiger partial charge in [-0.25, -0.2) is 0 Å². The molecule has 2 rings (SSSR count). The third-order valence-corrected chi connectivity index (χ3v) is 4.25. The Balaban J connectivity index is 1.91. The highest BCUT2D eigenvalue weighted by Crippen LogP contribution is 2.29. The van der Waals surface area contributed by atoms with Crippen molar-refractivity contribution in [3.63, 3.8) is 0 Å². The highest BCUT2D eigenvalue weighted by atomic mass is 15.2. The second kappa shape index (κ2) is 6.73. The molecule has 2 atom stereocenters. The average Bonchev–Trinajstić information content (AvgIpc) is 2.87. The Kier molecular flexibility index (Phi) is 5.22. The molecule has 1 fully saturated rings. The number of hydrogen-bond donors (Lipinski definition) is 1. The fourth-order valence-electron chi connectivity index (χ4n) is 3.14. The van der Waals surface area contributed by atoms with E-state index in [-0.39, 0.29) is 5.54 Å². The summed E-state index contributed by atoms with van der Waals surface area (Å²) in [6.07, 6.45) is 2.52. The van der Waals surface area contributed by atoms with Crippen LogP contribution in [0.5, 0.6) is 0 Å². The van der Waals surface area contributed by atoms with E-state index >= 15 is 0 Å². The molecule has 0 aromatic heterocycles. The molecule has 1 aromatic rings. The summed E-state index contributed by atoms with van der Waals surface area (Å²) in [6, 6.07) is 11.6. The molecule has 2 nitrogen and oxygen atoms in total. The Bertz CT molecular complexity index is 394. The van der Waals surface area contributed by atoms with Gasteiger partial charge in [-0.2, -0.15) is 0 Å². The minimum absolute atomic E-state index is 0.233. The number of nitrogens with one attached hydrogen (secondary N) is 1. The molecule has 0 radical (unpaired) electrons. The van der Waals surface area contributed by atoms with E-state index in [1.165, 1.54) is 31.5 Å². The van der Waals surface area contributed by atoms with Gasteiger partial charge in [0.25, 0.3) is 0 Å². The zero-order valence-corrected chi connectivity index (χ0v) is 13.5. The first-order valence-electron chi connectivity index (χ1n) is 8.03. The van der Waals surface area contributed by atoms with Gasteiger partial charge in [0, 0.05) is 18.1 Å². The van der Waals surface area contributed by atoms with Crippen molar-refractivity contribution >= 4 is 0 Å². The van der Waals surface area contributed by atoms with E-state index in [2.05, 4.69) is 68.2 Å². The lowest BCUT2D eigenvalue weighted by molar-refractivity contribution is 0.227. The van der Waals surface area contributed by atoms with Gasteiger partial charge in [-0.05, 0) is 58.2 Å². The monoisotopic (exact) mass is 274 g/mol. The van der Waals surface area contributed by atoms with Crippen molar-refractivity contribution in [1.82, 2.24) is 10.2 Å². The van der Waals surface area contributed by atoms with Crippen molar-refractivity contribution in [2.24, 2.45) is 5.92 Å². The molecule has 1 aliphatic rings. The first-order valence-corrected chi connectivity index (χ1v) is 8.03. The van der Waals surface area contributed by atoms with Crippen LogP contribution in [-0.4, -0.2) is 30.1 Å². The summed E-state index contributed by atoms with van der Waals surface area (Å²) in [4.78, 5) is 2.67. The number of benzene rings is 1. The smallest absolute Gasteiger partial charge is 0.0345 e. The van der Waals surface area contributed by atoms with Crippen LogP contribution >= 0.6 is 0 Å². The van der Waals surface area contributed by atoms with Gasteiger partial charge in [-0.15, -0.1) is 0 Å². The van der Waals surface area contributed by atoms with E-state index in [0.717, 1.165) is 12.5 Å². The standard InChI is InChI=1S/C18H30N2/c1-5-17(16-9-7-6-8-10-16)20-12-11-15(14-20)13-19-18(2,3)4/h6-10,15,17,19H,5,11-14H2,1-4H3. The summed E-state index contributed by atoms with van der Waals surface area (Å²) in [5.74, 6) is 0.798. The van der Waals surface area contributed by atoms with Gasteiger partial charge >= 0.3 is 0 Å². The van der Waals surface area contributed by atoms with Crippen LogP contribution < -0.4 is 5.32 Å². The van der Waals surface area contributed by atoms with Gasteiger partial charge in [0.1, 0.15) is 0 Å². The third kappa shape index (κ3) is 4.32. The van der Waals surface area contributed by atoms with E-state index in [1.807, 2.05) is 0 Å². The first-order chi connectivity index (χ1) is 9.49. The molecule has 1 aromatic carbocycles. The summed E-state index contributed by atoms with van der Waals surface area (Å²) in [7, 11) is 0. The van der Waals surface area contributed by atoms with E-state index in [0.29, 0.717) is 6.04 Å². The van der Waals surface area contributed by atoms with Crippen LogP contribution in [0.4, 0.5) is 0 Å². The summed E-state index contributed by atoms with van der Waals surface area (Å²) in [6.45, 7) is 12.7. The van der Waals surface area contributed by atoms with Gasteiger partial charge in [0.2, 0.25) is 0 Å². The van der Waals surface area contributed by atoms with Crippen LogP contribution in [0.15, 0.2) is 30.3 Å². The van der Waals surface area contributed by atoms with Crippen molar-refractivity contribution in [3.8, 4) is 0 Å². The molecule has 1 aliphatic heterocycles. The average molecular weight is 274 g/mol. The van der Waals surface area contributed by atoms with Crippen LogP contribution in [0.2, 0.25) is 0 Å². The lowest BCUT2D eigenvalue weighted by Crippen LogP contribution is -2.39. The zero-order chi connectivity index (χ0) is 14.6. The topological polar surface area (TPSA) is 15.3 Å². The van der Waals surface area contributed by atoms with E-state index in [9.17, 15) is 0 Å². The Morgan fingerprint density at radius 2 is 1.95 bits per heavy atom. The fourth-order valence-corrected chi connectivity index (χ4v) is 3.14. The van der Waals surface area contributed by atoms with Gasteiger partial charge < -0.3 is 5.32 Å². The van der Waals surface area contributed by atoms with E-state index < -0.39 is 0 Å². The van der Waals surface area contributed by atoms with Crippen LogP contribution in [-0.2, 0) is 0 Å². The summed E-state index contributed by atoms with van der Waals surface area (Å²) in [5.41, 5.74) is 1.70. The Hall–Kier alpha value is -0.860. The van der Waals surface area contributed by atoms with Crippen molar-refractivity contribution in [2.45, 2.75) is 52.1 Å². The van der Waals surface area contributed by atoms with Gasteiger partial charge in [-0.3, -0.25) is 4.90 Å². The van der Waals surface area contributed by atoms with Gasteiger partial charge in [0.15, 0.2) is 0 Å². The number of rotatable bonds is 5. The highest BCUT2D eigenvalue weighted by molar-refractivity contribution is 5.19. The quantitative estimate of drug-likeness (QED) is 0.877. The molecule has 20 heavy (non-hydrogen) atoms. The zero-order valence-electron chi connectivity index (χ0n) is 13.5. The van der Waals surface area contributed by atoms with Crippen molar-refractivity contribution in [3.05, 3.63) is 35.9 Å². The molecule has 2 unspecified atom stereocenters. The largest absolute Gasteiger partial charge is 0.312 e. The summed E-state index contributed by atoms with van der Waals surface area (Å²) >= 11 is 0. The SMILES string of the molecule is CCC(c1ccccc1)N1CCC(CNC(C)(C)C)C1. The Morgan fingerprint density at radius 1 is 1.25 bits per heavy atom. The van der Waals surface area contributed by atoms with Crippen molar-refractivity contribution in [2.75, 3.05) is 19.6 Å². The predicted molar refractivity (Wildman–Crippen MR) is 86.9 cm³/mol. The Morgan fingerprint density at radius 3 is 2.55 bits per heavy atom. The minimum Gasteiger partial charge on any atom is -0.312 e. The number of hydrogen-bond acceptors (Lipinski definition) is 2. The fraction of sp³-hybridized carbons (Fsp3) is 0.667. The third-order valence-electron chi connectivity index (χ3n) is 4.25. The Labute approximate surface area is 124 Å². The molecule has 0 amide bonds. The lowest BCUT2D eigenvalue weighted by Gasteiger charge is -2.28. The normalized spacial score (nSPS) is 22.1. The van der Waals surface area contributed by atoms with Crippen LogP contribution in [0, 0.1) is 5.92 Å². The molecule has 2 heteroatoms. The van der Waals surface area contributed by atoms with Crippen molar-refractivity contribution in [1.29, 1.82) is 0 Å². The molecule has 1 heterocycles. The van der Waals surface area contributed by atoms with Gasteiger partial charge in [-0.1, -0.05) is 37.3 Å². The van der Waals surface area contributed by atoms with Crippen LogP contribution in [0.3, 0.4) is 0 Å². The molecular formula is C18H30N2. The van der Waals surface area contributed by atoms with Gasteiger partial charge in [0.05, 0.1) is 0 Å². The number of likely N-dealkylation sites (tertiary alicyclic amines) is 1. The van der Waals surface area contributed by atoms with E-state index in [1.54, 1.807) is 0 Å². The second-order valence-electron chi connectivity index (χ2n) is 7.12. The summed E-state index contributed by atoms with van der Waals surface area (Å²) < 4.78 is 0.